The van der Waals surface area contributed by atoms with E-state index in [1.165, 1.54) is 5.56 Å². The molecule has 162 valence electrons. The van der Waals surface area contributed by atoms with Gasteiger partial charge in [-0.25, -0.2) is 4.98 Å². The van der Waals surface area contributed by atoms with Gasteiger partial charge in [0.1, 0.15) is 5.82 Å². The maximum Gasteiger partial charge on any atom is 0.261 e. The second-order valence-corrected chi connectivity index (χ2v) is 8.92. The number of nitrogens with one attached hydrogen (secondary N) is 1. The van der Waals surface area contributed by atoms with Crippen molar-refractivity contribution in [1.29, 1.82) is 0 Å². The third-order valence-electron chi connectivity index (χ3n) is 6.17. The number of amides is 1. The Morgan fingerprint density at radius 1 is 1.10 bits per heavy atom. The SMILES string of the molecule is CCC(C)(C)NC(=O)c1ccc2c(=O)n3c(nc2c1)CCN(Cc1ccccc1)CC3. The summed E-state index contributed by atoms with van der Waals surface area (Å²) in [5.74, 6) is 0.652. The zero-order valence-corrected chi connectivity index (χ0v) is 18.5. The first-order chi connectivity index (χ1) is 14.9. The molecule has 0 aliphatic carbocycles. The van der Waals surface area contributed by atoms with Crippen LogP contribution in [0.5, 0.6) is 0 Å². The van der Waals surface area contributed by atoms with Gasteiger partial charge < -0.3 is 5.32 Å². The van der Waals surface area contributed by atoms with E-state index in [1.807, 2.05) is 26.8 Å². The molecule has 3 aromatic rings. The third kappa shape index (κ3) is 4.69. The molecule has 4 rings (SSSR count). The van der Waals surface area contributed by atoms with Crippen LogP contribution in [0.15, 0.2) is 53.3 Å². The van der Waals surface area contributed by atoms with Crippen LogP contribution in [0.1, 0.15) is 48.9 Å². The molecule has 1 aliphatic rings. The van der Waals surface area contributed by atoms with E-state index in [-0.39, 0.29) is 17.0 Å². The van der Waals surface area contributed by atoms with Gasteiger partial charge in [0.15, 0.2) is 0 Å². The van der Waals surface area contributed by atoms with Crippen molar-refractivity contribution in [2.45, 2.75) is 52.2 Å². The Hall–Kier alpha value is -2.99. The predicted molar refractivity (Wildman–Crippen MR) is 123 cm³/mol. The average molecular weight is 419 g/mol. The fraction of sp³-hybridized carbons (Fsp3) is 0.400. The van der Waals surface area contributed by atoms with Crippen molar-refractivity contribution >= 4 is 16.8 Å². The lowest BCUT2D eigenvalue weighted by molar-refractivity contribution is 0.0911. The highest BCUT2D eigenvalue weighted by Crippen LogP contribution is 2.16. The number of fused-ring (bicyclic) bond motifs is 2. The normalized spacial score (nSPS) is 14.8. The molecule has 31 heavy (non-hydrogen) atoms. The molecule has 0 spiro atoms. The maximum absolute atomic E-state index is 13.2. The van der Waals surface area contributed by atoms with Gasteiger partial charge in [-0.05, 0) is 44.0 Å². The third-order valence-corrected chi connectivity index (χ3v) is 6.17. The molecule has 6 nitrogen and oxygen atoms in total. The minimum atomic E-state index is -0.283. The summed E-state index contributed by atoms with van der Waals surface area (Å²) in [6.45, 7) is 9.17. The molecule has 0 atom stereocenters. The number of benzene rings is 2. The molecule has 2 aromatic carbocycles. The summed E-state index contributed by atoms with van der Waals surface area (Å²) < 4.78 is 1.80. The Morgan fingerprint density at radius 2 is 1.87 bits per heavy atom. The van der Waals surface area contributed by atoms with Gasteiger partial charge in [-0.2, -0.15) is 0 Å². The lowest BCUT2D eigenvalue weighted by Gasteiger charge is -2.24. The summed E-state index contributed by atoms with van der Waals surface area (Å²) in [6, 6.07) is 15.6. The van der Waals surface area contributed by atoms with Gasteiger partial charge in [0, 0.05) is 43.7 Å². The fourth-order valence-electron chi connectivity index (χ4n) is 3.91. The van der Waals surface area contributed by atoms with E-state index in [4.69, 9.17) is 4.98 Å². The number of rotatable bonds is 5. The van der Waals surface area contributed by atoms with Gasteiger partial charge >= 0.3 is 0 Å². The molecule has 2 heterocycles. The molecular formula is C25H30N4O2. The summed E-state index contributed by atoms with van der Waals surface area (Å²) in [5, 5.41) is 3.61. The van der Waals surface area contributed by atoms with Crippen molar-refractivity contribution in [2.75, 3.05) is 13.1 Å². The summed E-state index contributed by atoms with van der Waals surface area (Å²) >= 11 is 0. The van der Waals surface area contributed by atoms with Crippen molar-refractivity contribution < 1.29 is 4.79 Å². The Kier molecular flexibility index (Phi) is 5.92. The Balaban J connectivity index is 1.59. The highest BCUT2D eigenvalue weighted by Gasteiger charge is 2.21. The number of hydrogen-bond donors (Lipinski definition) is 1. The highest BCUT2D eigenvalue weighted by atomic mass is 16.2. The quantitative estimate of drug-likeness (QED) is 0.690. The number of hydrogen-bond acceptors (Lipinski definition) is 4. The second kappa shape index (κ2) is 8.63. The first-order valence-corrected chi connectivity index (χ1v) is 11.0. The summed E-state index contributed by atoms with van der Waals surface area (Å²) in [4.78, 5) is 33.0. The molecule has 0 saturated heterocycles. The number of aromatic nitrogens is 2. The van der Waals surface area contributed by atoms with Gasteiger partial charge in [0.2, 0.25) is 0 Å². The smallest absolute Gasteiger partial charge is 0.261 e. The zero-order valence-electron chi connectivity index (χ0n) is 18.5. The largest absolute Gasteiger partial charge is 0.347 e. The summed E-state index contributed by atoms with van der Waals surface area (Å²) in [7, 11) is 0. The second-order valence-electron chi connectivity index (χ2n) is 8.92. The molecule has 1 amide bonds. The van der Waals surface area contributed by atoms with Crippen LogP contribution in [-0.4, -0.2) is 39.0 Å². The van der Waals surface area contributed by atoms with Crippen molar-refractivity contribution in [2.24, 2.45) is 0 Å². The fourth-order valence-corrected chi connectivity index (χ4v) is 3.91. The minimum absolute atomic E-state index is 0.0255. The molecule has 1 N–H and O–H groups in total. The van der Waals surface area contributed by atoms with Crippen LogP contribution in [0.2, 0.25) is 0 Å². The van der Waals surface area contributed by atoms with Crippen LogP contribution in [0.25, 0.3) is 10.9 Å². The Labute approximate surface area is 182 Å². The molecule has 6 heteroatoms. The monoisotopic (exact) mass is 418 g/mol. The zero-order chi connectivity index (χ0) is 22.0. The van der Waals surface area contributed by atoms with Crippen LogP contribution >= 0.6 is 0 Å². The number of carbonyl (C=O) groups excluding carboxylic acids is 1. The molecule has 1 aliphatic heterocycles. The molecule has 1 aromatic heterocycles. The maximum atomic E-state index is 13.2. The van der Waals surface area contributed by atoms with Crippen molar-refractivity contribution in [3.8, 4) is 0 Å². The van der Waals surface area contributed by atoms with Crippen LogP contribution in [0, 0.1) is 0 Å². The van der Waals surface area contributed by atoms with E-state index in [1.54, 1.807) is 22.8 Å². The van der Waals surface area contributed by atoms with Gasteiger partial charge in [-0.3, -0.25) is 19.1 Å². The summed E-state index contributed by atoms with van der Waals surface area (Å²) in [6.07, 6.45) is 1.54. The first kappa shape index (κ1) is 21.2. The van der Waals surface area contributed by atoms with Gasteiger partial charge in [0.05, 0.1) is 10.9 Å². The van der Waals surface area contributed by atoms with E-state index in [2.05, 4.69) is 34.5 Å². The highest BCUT2D eigenvalue weighted by molar-refractivity contribution is 5.98. The summed E-state index contributed by atoms with van der Waals surface area (Å²) in [5.41, 5.74) is 2.08. The van der Waals surface area contributed by atoms with E-state index < -0.39 is 0 Å². The molecular weight excluding hydrogens is 388 g/mol. The Morgan fingerprint density at radius 3 is 2.61 bits per heavy atom. The average Bonchev–Trinajstić information content (AvgIpc) is 2.96. The van der Waals surface area contributed by atoms with Gasteiger partial charge in [-0.15, -0.1) is 0 Å². The van der Waals surface area contributed by atoms with E-state index in [0.717, 1.165) is 31.9 Å². The first-order valence-electron chi connectivity index (χ1n) is 11.0. The molecule has 0 bridgehead atoms. The molecule has 0 radical (unpaired) electrons. The molecule has 0 saturated carbocycles. The van der Waals surface area contributed by atoms with E-state index in [0.29, 0.717) is 29.4 Å². The van der Waals surface area contributed by atoms with E-state index >= 15 is 0 Å². The van der Waals surface area contributed by atoms with Crippen LogP contribution in [0.3, 0.4) is 0 Å². The molecule has 0 fully saturated rings. The lowest BCUT2D eigenvalue weighted by Crippen LogP contribution is -2.42. The van der Waals surface area contributed by atoms with Gasteiger partial charge in [0.25, 0.3) is 11.5 Å². The van der Waals surface area contributed by atoms with Crippen LogP contribution < -0.4 is 10.9 Å². The molecule has 0 unspecified atom stereocenters. The van der Waals surface area contributed by atoms with Crippen molar-refractivity contribution in [3.63, 3.8) is 0 Å². The number of carbonyl (C=O) groups is 1. The van der Waals surface area contributed by atoms with Crippen molar-refractivity contribution in [3.05, 3.63) is 75.8 Å². The van der Waals surface area contributed by atoms with E-state index in [9.17, 15) is 9.59 Å². The minimum Gasteiger partial charge on any atom is -0.347 e. The standard InChI is InChI=1S/C25H30N4O2/c1-4-25(2,3)27-23(30)19-10-11-20-21(16-19)26-22-12-13-28(14-15-29(22)24(20)31)17-18-8-6-5-7-9-18/h5-11,16H,4,12-15,17H2,1-3H3,(H,27,30). The van der Waals surface area contributed by atoms with Crippen molar-refractivity contribution in [1.82, 2.24) is 19.8 Å². The van der Waals surface area contributed by atoms with Crippen LogP contribution in [-0.2, 0) is 19.5 Å². The lowest BCUT2D eigenvalue weighted by atomic mass is 10.0. The predicted octanol–water partition coefficient (Wildman–Crippen LogP) is 3.37. The number of nitrogens with zero attached hydrogens (tertiary/aromatic N) is 3. The van der Waals surface area contributed by atoms with Gasteiger partial charge in [-0.1, -0.05) is 37.3 Å². The Bertz CT molecular complexity index is 1150. The van der Waals surface area contributed by atoms with Crippen LogP contribution in [0.4, 0.5) is 0 Å². The topological polar surface area (TPSA) is 67.2 Å².